The molecule has 0 saturated heterocycles. The van der Waals surface area contributed by atoms with E-state index in [0.29, 0.717) is 0 Å². The highest BCUT2D eigenvalue weighted by atomic mass is 16.4. The van der Waals surface area contributed by atoms with E-state index in [1.54, 1.807) is 19.9 Å². The van der Waals surface area contributed by atoms with Crippen LogP contribution >= 0.6 is 0 Å². The summed E-state index contributed by atoms with van der Waals surface area (Å²) < 4.78 is 0. The van der Waals surface area contributed by atoms with Gasteiger partial charge in [-0.15, -0.1) is 0 Å². The number of amides is 1. The van der Waals surface area contributed by atoms with Crippen LogP contribution in [0.1, 0.15) is 38.3 Å². The summed E-state index contributed by atoms with van der Waals surface area (Å²) in [5, 5.41) is 11.4. The Labute approximate surface area is 119 Å². The summed E-state index contributed by atoms with van der Waals surface area (Å²) in [5.41, 5.74) is 1.42. The van der Waals surface area contributed by atoms with Gasteiger partial charge in [0.1, 0.15) is 0 Å². The highest BCUT2D eigenvalue weighted by molar-refractivity contribution is 5.92. The van der Waals surface area contributed by atoms with E-state index in [2.05, 4.69) is 12.2 Å². The lowest BCUT2D eigenvalue weighted by Crippen LogP contribution is -2.44. The maximum absolute atomic E-state index is 11.7. The summed E-state index contributed by atoms with van der Waals surface area (Å²) in [6.07, 6.45) is 4.00. The standard InChI is InChI=1S/C16H21NO3/c1-4-12-5-7-13(8-6-12)9-10-14(18)17-16(2,3)11-15(19)20/h5-10H,4,11H2,1-3H3,(H,17,18)(H,19,20). The third-order valence-electron chi connectivity index (χ3n) is 2.87. The fourth-order valence-electron chi connectivity index (χ4n) is 1.83. The molecule has 0 radical (unpaired) electrons. The number of carbonyl (C=O) groups excluding carboxylic acids is 1. The molecule has 0 aliphatic heterocycles. The molecule has 2 N–H and O–H groups in total. The largest absolute Gasteiger partial charge is 0.481 e. The Hall–Kier alpha value is -2.10. The van der Waals surface area contributed by atoms with Crippen molar-refractivity contribution >= 4 is 18.0 Å². The summed E-state index contributed by atoms with van der Waals surface area (Å²) in [6.45, 7) is 5.45. The first-order chi connectivity index (χ1) is 9.32. The van der Waals surface area contributed by atoms with Gasteiger partial charge in [0, 0.05) is 11.6 Å². The molecule has 0 aliphatic rings. The molecule has 20 heavy (non-hydrogen) atoms. The lowest BCUT2D eigenvalue weighted by atomic mass is 10.0. The SMILES string of the molecule is CCc1ccc(C=CC(=O)NC(C)(C)CC(=O)O)cc1. The van der Waals surface area contributed by atoms with Crippen LogP contribution < -0.4 is 5.32 Å². The van der Waals surface area contributed by atoms with Crippen LogP contribution in [0.25, 0.3) is 6.08 Å². The average molecular weight is 275 g/mol. The minimum Gasteiger partial charge on any atom is -0.481 e. The van der Waals surface area contributed by atoms with Crippen molar-refractivity contribution in [3.05, 3.63) is 41.5 Å². The molecule has 1 aromatic rings. The molecule has 0 aromatic heterocycles. The molecule has 4 nitrogen and oxygen atoms in total. The quantitative estimate of drug-likeness (QED) is 0.784. The molecule has 0 spiro atoms. The molecular formula is C16H21NO3. The first kappa shape index (κ1) is 16.0. The minimum absolute atomic E-state index is 0.113. The summed E-state index contributed by atoms with van der Waals surface area (Å²) in [7, 11) is 0. The first-order valence-electron chi connectivity index (χ1n) is 6.63. The third kappa shape index (κ3) is 5.69. The van der Waals surface area contributed by atoms with Crippen LogP contribution in [0.2, 0.25) is 0 Å². The Morgan fingerprint density at radius 1 is 1.25 bits per heavy atom. The van der Waals surface area contributed by atoms with Crippen molar-refractivity contribution in [2.75, 3.05) is 0 Å². The van der Waals surface area contributed by atoms with Crippen LogP contribution in [0.3, 0.4) is 0 Å². The number of aryl methyl sites for hydroxylation is 1. The number of rotatable bonds is 6. The predicted octanol–water partition coefficient (Wildman–Crippen LogP) is 2.63. The number of benzene rings is 1. The molecule has 0 bridgehead atoms. The molecule has 1 aromatic carbocycles. The molecule has 0 saturated carbocycles. The van der Waals surface area contributed by atoms with E-state index in [0.717, 1.165) is 12.0 Å². The van der Waals surface area contributed by atoms with Crippen molar-refractivity contribution in [1.82, 2.24) is 5.32 Å². The van der Waals surface area contributed by atoms with Gasteiger partial charge < -0.3 is 10.4 Å². The number of hydrogen-bond donors (Lipinski definition) is 2. The molecule has 1 rings (SSSR count). The number of carboxylic acid groups (broad SMARTS) is 1. The van der Waals surface area contributed by atoms with Crippen molar-refractivity contribution in [3.8, 4) is 0 Å². The van der Waals surface area contributed by atoms with Crippen LogP contribution in [0.5, 0.6) is 0 Å². The molecule has 4 heteroatoms. The van der Waals surface area contributed by atoms with Gasteiger partial charge in [-0.1, -0.05) is 31.2 Å². The molecule has 108 valence electrons. The maximum atomic E-state index is 11.7. The molecular weight excluding hydrogens is 254 g/mol. The molecule has 0 unspecified atom stereocenters. The summed E-state index contributed by atoms with van der Waals surface area (Å²) in [5.74, 6) is -1.23. The molecule has 1 amide bonds. The number of hydrogen-bond acceptors (Lipinski definition) is 2. The van der Waals surface area contributed by atoms with Gasteiger partial charge in [0.05, 0.1) is 6.42 Å². The number of carboxylic acids is 1. The zero-order chi connectivity index (χ0) is 15.2. The minimum atomic E-state index is -0.936. The second-order valence-corrected chi connectivity index (χ2v) is 5.37. The van der Waals surface area contributed by atoms with Crippen molar-refractivity contribution in [1.29, 1.82) is 0 Å². The Morgan fingerprint density at radius 2 is 1.85 bits per heavy atom. The van der Waals surface area contributed by atoms with E-state index in [9.17, 15) is 9.59 Å². The highest BCUT2D eigenvalue weighted by Crippen LogP contribution is 2.09. The van der Waals surface area contributed by atoms with Crippen LogP contribution in [0.15, 0.2) is 30.3 Å². The van der Waals surface area contributed by atoms with E-state index in [4.69, 9.17) is 5.11 Å². The fourth-order valence-corrected chi connectivity index (χ4v) is 1.83. The number of carbonyl (C=O) groups is 2. The summed E-state index contributed by atoms with van der Waals surface area (Å²) in [6, 6.07) is 7.94. The topological polar surface area (TPSA) is 66.4 Å². The van der Waals surface area contributed by atoms with Crippen LogP contribution in [-0.2, 0) is 16.0 Å². The zero-order valence-corrected chi connectivity index (χ0v) is 12.1. The molecule has 0 aliphatic carbocycles. The maximum Gasteiger partial charge on any atom is 0.305 e. The van der Waals surface area contributed by atoms with E-state index >= 15 is 0 Å². The van der Waals surface area contributed by atoms with Gasteiger partial charge in [0.15, 0.2) is 0 Å². The van der Waals surface area contributed by atoms with Gasteiger partial charge in [-0.3, -0.25) is 9.59 Å². The second-order valence-electron chi connectivity index (χ2n) is 5.37. The van der Waals surface area contributed by atoms with Gasteiger partial charge in [-0.05, 0) is 37.5 Å². The monoisotopic (exact) mass is 275 g/mol. The second kappa shape index (κ2) is 6.89. The van der Waals surface area contributed by atoms with E-state index in [-0.39, 0.29) is 12.3 Å². The summed E-state index contributed by atoms with van der Waals surface area (Å²) in [4.78, 5) is 22.4. The summed E-state index contributed by atoms with van der Waals surface area (Å²) >= 11 is 0. The average Bonchev–Trinajstić information content (AvgIpc) is 2.34. The number of aliphatic carboxylic acids is 1. The molecule has 0 atom stereocenters. The Kier molecular flexibility index (Phi) is 5.50. The fraction of sp³-hybridized carbons (Fsp3) is 0.375. The van der Waals surface area contributed by atoms with E-state index in [1.807, 2.05) is 24.3 Å². The normalized spacial score (nSPS) is 11.6. The third-order valence-corrected chi connectivity index (χ3v) is 2.87. The Morgan fingerprint density at radius 3 is 2.35 bits per heavy atom. The van der Waals surface area contributed by atoms with Gasteiger partial charge >= 0.3 is 5.97 Å². The van der Waals surface area contributed by atoms with Crippen LogP contribution in [-0.4, -0.2) is 22.5 Å². The lowest BCUT2D eigenvalue weighted by molar-refractivity contribution is -0.138. The Bertz CT molecular complexity index is 501. The van der Waals surface area contributed by atoms with Gasteiger partial charge in [0.2, 0.25) is 5.91 Å². The van der Waals surface area contributed by atoms with E-state index < -0.39 is 11.5 Å². The van der Waals surface area contributed by atoms with Crippen molar-refractivity contribution in [3.63, 3.8) is 0 Å². The predicted molar refractivity (Wildman–Crippen MR) is 79.3 cm³/mol. The lowest BCUT2D eigenvalue weighted by Gasteiger charge is -2.23. The molecule has 0 heterocycles. The molecule has 0 fully saturated rings. The number of nitrogens with one attached hydrogen (secondary N) is 1. The van der Waals surface area contributed by atoms with Crippen molar-refractivity contribution in [2.45, 2.75) is 39.2 Å². The van der Waals surface area contributed by atoms with Crippen LogP contribution in [0, 0.1) is 0 Å². The van der Waals surface area contributed by atoms with Gasteiger partial charge in [-0.2, -0.15) is 0 Å². The highest BCUT2D eigenvalue weighted by Gasteiger charge is 2.22. The van der Waals surface area contributed by atoms with Crippen molar-refractivity contribution < 1.29 is 14.7 Å². The van der Waals surface area contributed by atoms with E-state index in [1.165, 1.54) is 11.6 Å². The Balaban J connectivity index is 2.60. The van der Waals surface area contributed by atoms with Crippen molar-refractivity contribution in [2.24, 2.45) is 0 Å². The van der Waals surface area contributed by atoms with Gasteiger partial charge in [0.25, 0.3) is 0 Å². The van der Waals surface area contributed by atoms with Crippen LogP contribution in [0.4, 0.5) is 0 Å². The van der Waals surface area contributed by atoms with Gasteiger partial charge in [-0.25, -0.2) is 0 Å². The zero-order valence-electron chi connectivity index (χ0n) is 12.1. The smallest absolute Gasteiger partial charge is 0.305 e. The first-order valence-corrected chi connectivity index (χ1v) is 6.63.